The van der Waals surface area contributed by atoms with Crippen LogP contribution in [0.3, 0.4) is 0 Å². The Morgan fingerprint density at radius 3 is 2.80 bits per heavy atom. The van der Waals surface area contributed by atoms with Crippen LogP contribution in [0, 0.1) is 11.8 Å². The van der Waals surface area contributed by atoms with Crippen molar-refractivity contribution in [3.8, 4) is 0 Å². The Labute approximate surface area is 60.2 Å². The topological polar surface area (TPSA) is 37.3 Å². The molecule has 0 saturated heterocycles. The molecule has 2 fully saturated rings. The first-order valence-corrected chi connectivity index (χ1v) is 4.00. The SMILES string of the molecule is O=C1CCC2C(O)CCC12. The molecular weight excluding hydrogens is 128 g/mol. The maximum Gasteiger partial charge on any atom is 0.136 e. The second kappa shape index (κ2) is 2.06. The second-order valence-electron chi connectivity index (χ2n) is 3.42. The van der Waals surface area contributed by atoms with E-state index in [1.54, 1.807) is 0 Å². The van der Waals surface area contributed by atoms with Gasteiger partial charge in [0.2, 0.25) is 0 Å². The van der Waals surface area contributed by atoms with Crippen LogP contribution in [0.4, 0.5) is 0 Å². The lowest BCUT2D eigenvalue weighted by Gasteiger charge is -2.09. The molecule has 2 nitrogen and oxygen atoms in total. The van der Waals surface area contributed by atoms with Crippen LogP contribution in [0.25, 0.3) is 0 Å². The monoisotopic (exact) mass is 140 g/mol. The first kappa shape index (κ1) is 6.35. The summed E-state index contributed by atoms with van der Waals surface area (Å²) in [6.45, 7) is 0. The van der Waals surface area contributed by atoms with Gasteiger partial charge in [0.25, 0.3) is 0 Å². The van der Waals surface area contributed by atoms with Crippen molar-refractivity contribution < 1.29 is 9.90 Å². The molecule has 0 amide bonds. The van der Waals surface area contributed by atoms with Gasteiger partial charge in [-0.05, 0) is 25.2 Å². The van der Waals surface area contributed by atoms with Crippen LogP contribution in [0.2, 0.25) is 0 Å². The third kappa shape index (κ3) is 0.717. The van der Waals surface area contributed by atoms with E-state index in [-0.39, 0.29) is 12.0 Å². The van der Waals surface area contributed by atoms with Gasteiger partial charge in [0.05, 0.1) is 6.10 Å². The molecule has 0 aromatic heterocycles. The van der Waals surface area contributed by atoms with E-state index in [9.17, 15) is 9.90 Å². The summed E-state index contributed by atoms with van der Waals surface area (Å²) in [6.07, 6.45) is 3.26. The van der Waals surface area contributed by atoms with Gasteiger partial charge in [-0.3, -0.25) is 4.79 Å². The lowest BCUT2D eigenvalue weighted by atomic mass is 9.99. The normalized spacial score (nSPS) is 46.1. The Morgan fingerprint density at radius 2 is 2.10 bits per heavy atom. The molecular formula is C8H12O2. The standard InChI is InChI=1S/C8H12O2/c9-7-3-1-5-6(7)2-4-8(5)10/h5-7,9H,1-4H2. The number of rotatable bonds is 0. The minimum atomic E-state index is -0.170. The van der Waals surface area contributed by atoms with E-state index in [1.807, 2.05) is 0 Å². The van der Waals surface area contributed by atoms with Gasteiger partial charge >= 0.3 is 0 Å². The molecule has 0 aromatic rings. The number of carbonyl (C=O) groups excluding carboxylic acids is 1. The van der Waals surface area contributed by atoms with Crippen molar-refractivity contribution in [2.75, 3.05) is 0 Å². The summed E-state index contributed by atoms with van der Waals surface area (Å²) in [4.78, 5) is 11.1. The van der Waals surface area contributed by atoms with Crippen molar-refractivity contribution in [2.45, 2.75) is 31.8 Å². The molecule has 2 rings (SSSR count). The highest BCUT2D eigenvalue weighted by Crippen LogP contribution is 2.41. The van der Waals surface area contributed by atoms with E-state index in [4.69, 9.17) is 0 Å². The molecule has 0 heterocycles. The summed E-state index contributed by atoms with van der Waals surface area (Å²) < 4.78 is 0. The molecule has 0 bridgehead atoms. The van der Waals surface area contributed by atoms with Gasteiger partial charge in [0.1, 0.15) is 5.78 Å². The van der Waals surface area contributed by atoms with Crippen molar-refractivity contribution in [1.29, 1.82) is 0 Å². The predicted molar refractivity (Wildman–Crippen MR) is 36.5 cm³/mol. The van der Waals surface area contributed by atoms with Crippen molar-refractivity contribution in [2.24, 2.45) is 11.8 Å². The molecule has 2 saturated carbocycles. The zero-order valence-electron chi connectivity index (χ0n) is 5.92. The average Bonchev–Trinajstić information content (AvgIpc) is 2.41. The zero-order chi connectivity index (χ0) is 7.14. The highest BCUT2D eigenvalue weighted by atomic mass is 16.3. The summed E-state index contributed by atoms with van der Waals surface area (Å²) in [5.74, 6) is 0.948. The van der Waals surface area contributed by atoms with Crippen molar-refractivity contribution in [3.63, 3.8) is 0 Å². The minimum absolute atomic E-state index is 0.170. The molecule has 2 aliphatic carbocycles. The first-order chi connectivity index (χ1) is 4.79. The fraction of sp³-hybridized carbons (Fsp3) is 0.875. The van der Waals surface area contributed by atoms with Crippen molar-refractivity contribution in [1.82, 2.24) is 0 Å². The predicted octanol–water partition coefficient (Wildman–Crippen LogP) is 0.736. The first-order valence-electron chi connectivity index (χ1n) is 4.00. The van der Waals surface area contributed by atoms with E-state index in [0.717, 1.165) is 19.3 Å². The summed E-state index contributed by atoms with van der Waals surface area (Å²) in [5, 5.41) is 9.36. The van der Waals surface area contributed by atoms with Crippen LogP contribution in [0.15, 0.2) is 0 Å². The number of aliphatic hydroxyl groups is 1. The van der Waals surface area contributed by atoms with Gasteiger partial charge in [0, 0.05) is 12.3 Å². The van der Waals surface area contributed by atoms with Crippen LogP contribution in [0.5, 0.6) is 0 Å². The third-order valence-electron chi connectivity index (χ3n) is 2.92. The van der Waals surface area contributed by atoms with Crippen molar-refractivity contribution >= 4 is 5.78 Å². The van der Waals surface area contributed by atoms with Gasteiger partial charge in [-0.15, -0.1) is 0 Å². The van der Waals surface area contributed by atoms with Gasteiger partial charge in [-0.2, -0.15) is 0 Å². The fourth-order valence-corrected chi connectivity index (χ4v) is 2.33. The highest BCUT2D eigenvalue weighted by molar-refractivity contribution is 5.83. The summed E-state index contributed by atoms with van der Waals surface area (Å²) >= 11 is 0. The number of Topliss-reactive ketones (excluding diaryl/α,β-unsaturated/α-hetero) is 1. The van der Waals surface area contributed by atoms with E-state index < -0.39 is 0 Å². The molecule has 2 aliphatic rings. The zero-order valence-corrected chi connectivity index (χ0v) is 5.92. The fourth-order valence-electron chi connectivity index (χ4n) is 2.33. The third-order valence-corrected chi connectivity index (χ3v) is 2.92. The average molecular weight is 140 g/mol. The Hall–Kier alpha value is -0.370. The molecule has 0 aliphatic heterocycles. The summed E-state index contributed by atoms with van der Waals surface area (Å²) in [7, 11) is 0. The highest BCUT2D eigenvalue weighted by Gasteiger charge is 2.43. The Bertz CT molecular complexity index is 165. The summed E-state index contributed by atoms with van der Waals surface area (Å²) in [5.41, 5.74) is 0. The maximum atomic E-state index is 11.1. The molecule has 3 unspecified atom stereocenters. The Balaban J connectivity index is 2.16. The van der Waals surface area contributed by atoms with Gasteiger partial charge < -0.3 is 5.11 Å². The minimum Gasteiger partial charge on any atom is -0.393 e. The van der Waals surface area contributed by atoms with Crippen LogP contribution >= 0.6 is 0 Å². The van der Waals surface area contributed by atoms with Crippen LogP contribution in [0.1, 0.15) is 25.7 Å². The molecule has 10 heavy (non-hydrogen) atoms. The van der Waals surface area contributed by atoms with Gasteiger partial charge in [0.15, 0.2) is 0 Å². The number of fused-ring (bicyclic) bond motifs is 1. The number of ketones is 1. The Kier molecular flexibility index (Phi) is 1.31. The lowest BCUT2D eigenvalue weighted by Crippen LogP contribution is -2.15. The second-order valence-corrected chi connectivity index (χ2v) is 3.42. The summed E-state index contributed by atoms with van der Waals surface area (Å²) in [6, 6.07) is 0. The lowest BCUT2D eigenvalue weighted by molar-refractivity contribution is -0.121. The maximum absolute atomic E-state index is 11.1. The smallest absolute Gasteiger partial charge is 0.136 e. The molecule has 3 atom stereocenters. The van der Waals surface area contributed by atoms with Crippen LogP contribution in [-0.4, -0.2) is 17.0 Å². The Morgan fingerprint density at radius 1 is 1.30 bits per heavy atom. The molecule has 0 spiro atoms. The number of aliphatic hydroxyl groups excluding tert-OH is 1. The number of carbonyl (C=O) groups is 1. The molecule has 56 valence electrons. The number of hydrogen-bond donors (Lipinski definition) is 1. The number of hydrogen-bond acceptors (Lipinski definition) is 2. The quantitative estimate of drug-likeness (QED) is 0.538. The van der Waals surface area contributed by atoms with Crippen molar-refractivity contribution in [3.05, 3.63) is 0 Å². The molecule has 2 heteroatoms. The molecule has 1 N–H and O–H groups in total. The molecule has 0 aromatic carbocycles. The van der Waals surface area contributed by atoms with E-state index in [0.29, 0.717) is 18.1 Å². The van der Waals surface area contributed by atoms with E-state index in [2.05, 4.69) is 0 Å². The van der Waals surface area contributed by atoms with Crippen LogP contribution < -0.4 is 0 Å². The van der Waals surface area contributed by atoms with Gasteiger partial charge in [-0.25, -0.2) is 0 Å². The van der Waals surface area contributed by atoms with Gasteiger partial charge in [-0.1, -0.05) is 0 Å². The van der Waals surface area contributed by atoms with E-state index >= 15 is 0 Å². The van der Waals surface area contributed by atoms with Crippen LogP contribution in [-0.2, 0) is 4.79 Å². The van der Waals surface area contributed by atoms with E-state index in [1.165, 1.54) is 0 Å². The largest absolute Gasteiger partial charge is 0.393 e. The molecule has 0 radical (unpaired) electrons.